The van der Waals surface area contributed by atoms with Gasteiger partial charge in [-0.1, -0.05) is 68.9 Å². The van der Waals surface area contributed by atoms with Gasteiger partial charge in [0.1, 0.15) is 11.5 Å². The number of nitrogens with zero attached hydrogens (tertiary/aromatic N) is 2. The van der Waals surface area contributed by atoms with Crippen LogP contribution in [0.5, 0.6) is 0 Å². The van der Waals surface area contributed by atoms with Crippen LogP contribution in [-0.2, 0) is 17.6 Å². The summed E-state index contributed by atoms with van der Waals surface area (Å²) < 4.78 is 13.2. The van der Waals surface area contributed by atoms with E-state index < -0.39 is 0 Å². The number of halogens is 1. The van der Waals surface area contributed by atoms with Crippen molar-refractivity contribution in [2.75, 3.05) is 0 Å². The Kier molecular flexibility index (Phi) is 5.75. The highest BCUT2D eigenvalue weighted by atomic mass is 32.2. The highest BCUT2D eigenvalue weighted by Crippen LogP contribution is 2.22. The van der Waals surface area contributed by atoms with E-state index in [1.165, 1.54) is 29.5 Å². The van der Waals surface area contributed by atoms with Gasteiger partial charge in [-0.2, -0.15) is 0 Å². The molecule has 0 bridgehead atoms. The molecule has 0 radical (unpaired) electrons. The lowest BCUT2D eigenvalue weighted by Crippen LogP contribution is -2.18. The first-order valence-electron chi connectivity index (χ1n) is 8.74. The Labute approximate surface area is 162 Å². The molecular formula is C21H22FN3OS. The molecule has 0 aliphatic carbocycles. The van der Waals surface area contributed by atoms with E-state index in [-0.39, 0.29) is 16.8 Å². The fraction of sp³-hybridized carbons (Fsp3) is 0.286. The van der Waals surface area contributed by atoms with Gasteiger partial charge in [-0.3, -0.25) is 9.78 Å². The van der Waals surface area contributed by atoms with Crippen LogP contribution >= 0.6 is 11.8 Å². The molecule has 3 aromatic rings. The molecule has 0 saturated carbocycles. The monoisotopic (exact) mass is 383 g/mol. The summed E-state index contributed by atoms with van der Waals surface area (Å²) in [6.07, 6.45) is 0.432. The molecular weight excluding hydrogens is 361 g/mol. The lowest BCUT2D eigenvalue weighted by Gasteiger charge is -2.19. The number of aromatic nitrogens is 3. The van der Waals surface area contributed by atoms with Crippen LogP contribution in [0.25, 0.3) is 0 Å². The van der Waals surface area contributed by atoms with Crippen LogP contribution in [0.2, 0.25) is 0 Å². The van der Waals surface area contributed by atoms with Gasteiger partial charge in [-0.25, -0.2) is 4.39 Å². The van der Waals surface area contributed by atoms with Crippen LogP contribution in [0.1, 0.15) is 43.2 Å². The fourth-order valence-electron chi connectivity index (χ4n) is 2.62. The molecule has 0 amide bonds. The third kappa shape index (κ3) is 5.26. The Morgan fingerprint density at radius 3 is 2.41 bits per heavy atom. The molecule has 6 heteroatoms. The molecule has 2 aromatic carbocycles. The maximum Gasteiger partial charge on any atom is 0.273 e. The first-order chi connectivity index (χ1) is 12.8. The predicted octanol–water partition coefficient (Wildman–Crippen LogP) is 4.48. The van der Waals surface area contributed by atoms with Crippen LogP contribution in [0, 0.1) is 5.82 Å². The van der Waals surface area contributed by atoms with E-state index in [1.54, 1.807) is 6.07 Å². The minimum atomic E-state index is -0.277. The first-order valence-corrected chi connectivity index (χ1v) is 9.72. The predicted molar refractivity (Wildman–Crippen MR) is 107 cm³/mol. The lowest BCUT2D eigenvalue weighted by molar-refractivity contribution is 0.590. The molecule has 1 aromatic heterocycles. The largest absolute Gasteiger partial charge is 0.298 e. The minimum absolute atomic E-state index is 0.0936. The average molecular weight is 383 g/mol. The minimum Gasteiger partial charge on any atom is -0.298 e. The van der Waals surface area contributed by atoms with E-state index >= 15 is 0 Å². The van der Waals surface area contributed by atoms with Crippen molar-refractivity contribution in [2.24, 2.45) is 0 Å². The lowest BCUT2D eigenvalue weighted by atomic mass is 9.86. The summed E-state index contributed by atoms with van der Waals surface area (Å²) in [6.45, 7) is 6.50. The van der Waals surface area contributed by atoms with E-state index in [0.29, 0.717) is 23.0 Å². The van der Waals surface area contributed by atoms with Gasteiger partial charge in [0.15, 0.2) is 5.16 Å². The summed E-state index contributed by atoms with van der Waals surface area (Å²) in [5, 5.41) is 8.61. The van der Waals surface area contributed by atoms with Crippen molar-refractivity contribution in [2.45, 2.75) is 43.5 Å². The Balaban J connectivity index is 1.67. The van der Waals surface area contributed by atoms with Crippen molar-refractivity contribution in [1.82, 2.24) is 15.2 Å². The second-order valence-electron chi connectivity index (χ2n) is 7.45. The van der Waals surface area contributed by atoms with Gasteiger partial charge in [0.05, 0.1) is 0 Å². The molecule has 27 heavy (non-hydrogen) atoms. The third-order valence-corrected chi connectivity index (χ3v) is 5.14. The van der Waals surface area contributed by atoms with E-state index in [2.05, 4.69) is 48.1 Å². The molecule has 0 unspecified atom stereocenters. The number of rotatable bonds is 5. The maximum atomic E-state index is 13.2. The second-order valence-corrected chi connectivity index (χ2v) is 8.41. The highest BCUT2D eigenvalue weighted by Gasteiger charge is 2.13. The summed E-state index contributed by atoms with van der Waals surface area (Å²) in [6, 6.07) is 14.6. The summed E-state index contributed by atoms with van der Waals surface area (Å²) in [4.78, 5) is 15.1. The van der Waals surface area contributed by atoms with Crippen LogP contribution in [0.3, 0.4) is 0 Å². The molecule has 3 rings (SSSR count). The van der Waals surface area contributed by atoms with Crippen LogP contribution in [0.15, 0.2) is 58.5 Å². The standard InChI is InChI=1S/C21H22FN3OS/c1-21(2,3)16-9-7-14(8-10-16)12-18-19(26)23-20(25-24-18)27-13-15-5-4-6-17(22)11-15/h4-11H,12-13H2,1-3H3,(H,23,25,26). The van der Waals surface area contributed by atoms with Gasteiger partial charge in [-0.05, 0) is 34.2 Å². The number of nitrogens with one attached hydrogen (secondary N) is 1. The summed E-state index contributed by atoms with van der Waals surface area (Å²) in [7, 11) is 0. The zero-order valence-corrected chi connectivity index (χ0v) is 16.4. The molecule has 140 valence electrons. The number of hydrogen-bond donors (Lipinski definition) is 1. The maximum absolute atomic E-state index is 13.2. The first kappa shape index (κ1) is 19.3. The smallest absolute Gasteiger partial charge is 0.273 e. The quantitative estimate of drug-likeness (QED) is 0.660. The Morgan fingerprint density at radius 2 is 1.78 bits per heavy atom. The van der Waals surface area contributed by atoms with Gasteiger partial charge >= 0.3 is 0 Å². The van der Waals surface area contributed by atoms with Crippen molar-refractivity contribution in [1.29, 1.82) is 0 Å². The summed E-state index contributed by atoms with van der Waals surface area (Å²) in [5.74, 6) is 0.233. The van der Waals surface area contributed by atoms with Gasteiger partial charge in [-0.15, -0.1) is 10.2 Å². The Morgan fingerprint density at radius 1 is 1.04 bits per heavy atom. The number of hydrogen-bond acceptors (Lipinski definition) is 4. The van der Waals surface area contributed by atoms with Crippen molar-refractivity contribution in [3.8, 4) is 0 Å². The highest BCUT2D eigenvalue weighted by molar-refractivity contribution is 7.98. The fourth-order valence-corrected chi connectivity index (χ4v) is 3.37. The van der Waals surface area contributed by atoms with E-state index in [0.717, 1.165) is 11.1 Å². The number of thioether (sulfide) groups is 1. The van der Waals surface area contributed by atoms with Crippen LogP contribution < -0.4 is 5.56 Å². The number of benzene rings is 2. The van der Waals surface area contributed by atoms with E-state index in [9.17, 15) is 9.18 Å². The summed E-state index contributed by atoms with van der Waals surface area (Å²) >= 11 is 1.32. The van der Waals surface area contributed by atoms with Gasteiger partial charge in [0, 0.05) is 12.2 Å². The Bertz CT molecular complexity index is 978. The molecule has 4 nitrogen and oxygen atoms in total. The van der Waals surface area contributed by atoms with Crippen LogP contribution in [0.4, 0.5) is 4.39 Å². The molecule has 1 heterocycles. The Hall–Kier alpha value is -2.47. The topological polar surface area (TPSA) is 58.6 Å². The molecule has 0 spiro atoms. The number of aromatic amines is 1. The average Bonchev–Trinajstić information content (AvgIpc) is 2.62. The van der Waals surface area contributed by atoms with Gasteiger partial charge in [0.25, 0.3) is 5.56 Å². The van der Waals surface area contributed by atoms with Gasteiger partial charge < -0.3 is 0 Å². The van der Waals surface area contributed by atoms with Crippen molar-refractivity contribution in [3.63, 3.8) is 0 Å². The zero-order chi connectivity index (χ0) is 19.4. The summed E-state index contributed by atoms with van der Waals surface area (Å²) in [5.41, 5.74) is 3.32. The normalized spacial score (nSPS) is 11.6. The van der Waals surface area contributed by atoms with Crippen LogP contribution in [-0.4, -0.2) is 15.2 Å². The van der Waals surface area contributed by atoms with Crippen molar-refractivity contribution in [3.05, 3.63) is 87.1 Å². The SMILES string of the molecule is CC(C)(C)c1ccc(Cc2nnc(SCc3cccc(F)c3)[nH]c2=O)cc1. The molecule has 0 atom stereocenters. The second kappa shape index (κ2) is 8.05. The van der Waals surface area contributed by atoms with Gasteiger partial charge in [0.2, 0.25) is 0 Å². The third-order valence-electron chi connectivity index (χ3n) is 4.20. The molecule has 0 aliphatic rings. The molecule has 0 fully saturated rings. The molecule has 0 saturated heterocycles. The van der Waals surface area contributed by atoms with E-state index in [4.69, 9.17) is 0 Å². The van der Waals surface area contributed by atoms with Crippen molar-refractivity contribution >= 4 is 11.8 Å². The molecule has 0 aliphatic heterocycles. The number of H-pyrrole nitrogens is 1. The van der Waals surface area contributed by atoms with E-state index in [1.807, 2.05) is 18.2 Å². The van der Waals surface area contributed by atoms with Crippen molar-refractivity contribution < 1.29 is 4.39 Å². The molecule has 1 N–H and O–H groups in total. The zero-order valence-electron chi connectivity index (χ0n) is 15.6.